The standard InChI is InChI=1S/C20H32N4O2.3ClH/c1-23-11-13-24(14-12-23)16-18-5-3-17(4-6-18)15-22-19(25)20(26-2)7-9-21-10-8-20;;;/h3-6,21H,7-16H2,1-2H3,(H,22,25);3*1H. The van der Waals surface area contributed by atoms with Crippen LogP contribution in [0.4, 0.5) is 0 Å². The van der Waals surface area contributed by atoms with Gasteiger partial charge in [0.25, 0.3) is 5.91 Å². The molecule has 0 bridgehead atoms. The fraction of sp³-hybridized carbons (Fsp3) is 0.650. The molecule has 3 rings (SSSR count). The lowest BCUT2D eigenvalue weighted by Crippen LogP contribution is -2.53. The minimum atomic E-state index is -0.674. The first-order chi connectivity index (χ1) is 12.6. The average Bonchev–Trinajstić information content (AvgIpc) is 2.69. The summed E-state index contributed by atoms with van der Waals surface area (Å²) in [5.41, 5.74) is 1.78. The van der Waals surface area contributed by atoms with Crippen molar-refractivity contribution in [2.45, 2.75) is 31.5 Å². The molecule has 1 aromatic carbocycles. The number of rotatable bonds is 6. The van der Waals surface area contributed by atoms with Gasteiger partial charge in [0.05, 0.1) is 0 Å². The first kappa shape index (κ1) is 28.4. The summed E-state index contributed by atoms with van der Waals surface area (Å²) in [6, 6.07) is 8.59. The number of piperazine rings is 1. The molecule has 2 fully saturated rings. The summed E-state index contributed by atoms with van der Waals surface area (Å²) in [4.78, 5) is 17.5. The van der Waals surface area contributed by atoms with Crippen LogP contribution in [0.1, 0.15) is 24.0 Å². The van der Waals surface area contributed by atoms with Crippen molar-refractivity contribution < 1.29 is 9.53 Å². The Morgan fingerprint density at radius 2 is 1.59 bits per heavy atom. The highest BCUT2D eigenvalue weighted by Gasteiger charge is 2.39. The van der Waals surface area contributed by atoms with E-state index < -0.39 is 5.60 Å². The van der Waals surface area contributed by atoms with E-state index >= 15 is 0 Å². The van der Waals surface area contributed by atoms with E-state index in [9.17, 15) is 4.79 Å². The second kappa shape index (κ2) is 13.7. The Morgan fingerprint density at radius 1 is 1.03 bits per heavy atom. The molecule has 0 unspecified atom stereocenters. The number of carbonyl (C=O) groups excluding carboxylic acids is 1. The van der Waals surface area contributed by atoms with Gasteiger partial charge in [0.2, 0.25) is 0 Å². The van der Waals surface area contributed by atoms with Crippen LogP contribution in [-0.4, -0.2) is 74.7 Å². The normalized spacial score (nSPS) is 19.2. The lowest BCUT2D eigenvalue weighted by molar-refractivity contribution is -0.146. The molecule has 9 heteroatoms. The van der Waals surface area contributed by atoms with Crippen molar-refractivity contribution in [3.05, 3.63) is 35.4 Å². The van der Waals surface area contributed by atoms with Gasteiger partial charge in [-0.25, -0.2) is 0 Å². The summed E-state index contributed by atoms with van der Waals surface area (Å²) in [7, 11) is 3.82. The van der Waals surface area contributed by atoms with Gasteiger partial charge in [-0.1, -0.05) is 24.3 Å². The number of hydrogen-bond donors (Lipinski definition) is 2. The number of piperidine rings is 1. The minimum Gasteiger partial charge on any atom is -0.368 e. The lowest BCUT2D eigenvalue weighted by atomic mass is 9.91. The number of likely N-dealkylation sites (N-methyl/N-ethyl adjacent to an activating group) is 1. The average molecular weight is 470 g/mol. The molecule has 0 spiro atoms. The summed E-state index contributed by atoms with van der Waals surface area (Å²) in [6.07, 6.45) is 1.44. The molecule has 0 radical (unpaired) electrons. The Hall–Kier alpha value is -0.600. The molecule has 2 heterocycles. The Balaban J connectivity index is 0.00000261. The van der Waals surface area contributed by atoms with E-state index in [0.29, 0.717) is 6.54 Å². The summed E-state index contributed by atoms with van der Waals surface area (Å²) < 4.78 is 5.58. The van der Waals surface area contributed by atoms with Crippen molar-refractivity contribution >= 4 is 43.1 Å². The first-order valence-corrected chi connectivity index (χ1v) is 9.64. The quantitative estimate of drug-likeness (QED) is 0.668. The smallest absolute Gasteiger partial charge is 0.252 e. The monoisotopic (exact) mass is 468 g/mol. The molecule has 0 atom stereocenters. The third kappa shape index (κ3) is 7.87. The van der Waals surface area contributed by atoms with Crippen molar-refractivity contribution in [1.29, 1.82) is 0 Å². The van der Waals surface area contributed by atoms with Gasteiger partial charge in [-0.3, -0.25) is 9.69 Å². The van der Waals surface area contributed by atoms with Crippen molar-refractivity contribution in [2.75, 3.05) is 53.4 Å². The molecular weight excluding hydrogens is 435 g/mol. The predicted octanol–water partition coefficient (Wildman–Crippen LogP) is 2.08. The highest BCUT2D eigenvalue weighted by molar-refractivity contribution is 5.86. The van der Waals surface area contributed by atoms with Gasteiger partial charge >= 0.3 is 0 Å². The molecule has 168 valence electrons. The number of nitrogens with one attached hydrogen (secondary N) is 2. The fourth-order valence-corrected chi connectivity index (χ4v) is 3.72. The third-order valence-electron chi connectivity index (χ3n) is 5.69. The van der Waals surface area contributed by atoms with Crippen molar-refractivity contribution in [3.8, 4) is 0 Å². The highest BCUT2D eigenvalue weighted by atomic mass is 35.5. The Labute approximate surface area is 193 Å². The van der Waals surface area contributed by atoms with Gasteiger partial charge < -0.3 is 20.3 Å². The number of methoxy groups -OCH3 is 1. The van der Waals surface area contributed by atoms with Crippen LogP contribution in [0, 0.1) is 0 Å². The van der Waals surface area contributed by atoms with Crippen LogP contribution >= 0.6 is 37.2 Å². The molecule has 2 saturated heterocycles. The van der Waals surface area contributed by atoms with Crippen LogP contribution in [0.5, 0.6) is 0 Å². The molecule has 2 aliphatic rings. The lowest BCUT2D eigenvalue weighted by Gasteiger charge is -2.34. The van der Waals surface area contributed by atoms with Crippen LogP contribution in [0.25, 0.3) is 0 Å². The third-order valence-corrected chi connectivity index (χ3v) is 5.69. The van der Waals surface area contributed by atoms with Crippen LogP contribution < -0.4 is 10.6 Å². The summed E-state index contributed by atoms with van der Waals surface area (Å²) in [5, 5.41) is 6.34. The zero-order chi connectivity index (χ0) is 18.4. The van der Waals surface area contributed by atoms with Crippen molar-refractivity contribution in [3.63, 3.8) is 0 Å². The van der Waals surface area contributed by atoms with Gasteiger partial charge in [-0.2, -0.15) is 0 Å². The molecule has 0 aromatic heterocycles. The van der Waals surface area contributed by atoms with Crippen LogP contribution in [0.15, 0.2) is 24.3 Å². The van der Waals surface area contributed by atoms with Gasteiger partial charge in [0, 0.05) is 46.4 Å². The number of benzene rings is 1. The predicted molar refractivity (Wildman–Crippen MR) is 125 cm³/mol. The first-order valence-electron chi connectivity index (χ1n) is 9.64. The van der Waals surface area contributed by atoms with Crippen LogP contribution in [0.2, 0.25) is 0 Å². The number of hydrogen-bond acceptors (Lipinski definition) is 5. The summed E-state index contributed by atoms with van der Waals surface area (Å²) in [6.45, 7) is 7.73. The summed E-state index contributed by atoms with van der Waals surface area (Å²) in [5.74, 6) is 0.00279. The minimum absolute atomic E-state index is 0. The number of nitrogens with zero attached hydrogens (tertiary/aromatic N) is 2. The molecule has 0 aliphatic carbocycles. The van der Waals surface area contributed by atoms with Gasteiger partial charge in [0.15, 0.2) is 0 Å². The molecule has 29 heavy (non-hydrogen) atoms. The number of carbonyl (C=O) groups is 1. The maximum absolute atomic E-state index is 12.6. The molecule has 2 N–H and O–H groups in total. The zero-order valence-electron chi connectivity index (χ0n) is 17.3. The topological polar surface area (TPSA) is 56.8 Å². The second-order valence-corrected chi connectivity index (χ2v) is 7.53. The number of amides is 1. The van der Waals surface area contributed by atoms with E-state index in [1.165, 1.54) is 5.56 Å². The highest BCUT2D eigenvalue weighted by Crippen LogP contribution is 2.22. The van der Waals surface area contributed by atoms with Gasteiger partial charge in [0.1, 0.15) is 5.60 Å². The van der Waals surface area contributed by atoms with Crippen molar-refractivity contribution in [2.24, 2.45) is 0 Å². The Kier molecular flexibility index (Phi) is 13.4. The van der Waals surface area contributed by atoms with E-state index in [0.717, 1.165) is 64.2 Å². The van der Waals surface area contributed by atoms with E-state index in [2.05, 4.69) is 51.7 Å². The number of ether oxygens (including phenoxy) is 1. The molecule has 0 saturated carbocycles. The van der Waals surface area contributed by atoms with E-state index in [-0.39, 0.29) is 43.1 Å². The van der Waals surface area contributed by atoms with Gasteiger partial charge in [-0.05, 0) is 44.1 Å². The second-order valence-electron chi connectivity index (χ2n) is 7.53. The largest absolute Gasteiger partial charge is 0.368 e. The van der Waals surface area contributed by atoms with Crippen molar-refractivity contribution in [1.82, 2.24) is 20.4 Å². The van der Waals surface area contributed by atoms with Gasteiger partial charge in [-0.15, -0.1) is 37.2 Å². The maximum Gasteiger partial charge on any atom is 0.252 e. The zero-order valence-corrected chi connectivity index (χ0v) is 19.8. The molecule has 1 amide bonds. The van der Waals surface area contributed by atoms with Crippen LogP contribution in [-0.2, 0) is 22.6 Å². The SMILES string of the molecule is COC1(C(=O)NCc2ccc(CN3CCN(C)CC3)cc2)CCNCC1.Cl.Cl.Cl. The van der Waals surface area contributed by atoms with Crippen LogP contribution in [0.3, 0.4) is 0 Å². The Morgan fingerprint density at radius 3 is 2.14 bits per heavy atom. The molecular formula is C20H35Cl3N4O2. The molecule has 1 aromatic rings. The van der Waals surface area contributed by atoms with E-state index in [1.54, 1.807) is 7.11 Å². The fourth-order valence-electron chi connectivity index (χ4n) is 3.72. The molecule has 2 aliphatic heterocycles. The number of halogens is 3. The molecule has 6 nitrogen and oxygen atoms in total. The van der Waals surface area contributed by atoms with E-state index in [4.69, 9.17) is 4.74 Å². The maximum atomic E-state index is 12.6. The summed E-state index contributed by atoms with van der Waals surface area (Å²) >= 11 is 0. The van der Waals surface area contributed by atoms with E-state index in [1.807, 2.05) is 0 Å². The Bertz CT molecular complexity index is 590.